The number of nitro groups is 2. The van der Waals surface area contributed by atoms with E-state index in [1.54, 1.807) is 0 Å². The largest absolute Gasteiger partial charge is 0.502 e. The van der Waals surface area contributed by atoms with Crippen molar-refractivity contribution in [2.75, 3.05) is 0 Å². The molecule has 1 aromatic rings. The molecule has 1 aliphatic rings. The first kappa shape index (κ1) is 13.9. The molecule has 11 nitrogen and oxygen atoms in total. The molecular weight excluding hydrogens is 288 g/mol. The van der Waals surface area contributed by atoms with Gasteiger partial charge < -0.3 is 10.4 Å². The molecule has 0 spiro atoms. The second-order valence-electron chi connectivity index (χ2n) is 3.88. The van der Waals surface area contributed by atoms with Crippen LogP contribution in [0.4, 0.5) is 16.2 Å². The Morgan fingerprint density at radius 3 is 2.24 bits per heavy atom. The summed E-state index contributed by atoms with van der Waals surface area (Å²) in [5.74, 6) is -1.68. The van der Waals surface area contributed by atoms with Gasteiger partial charge >= 0.3 is 11.7 Å². The monoisotopic (exact) mass is 294 g/mol. The molecule has 1 aliphatic heterocycles. The topological polar surface area (TPSA) is 165 Å². The molecule has 0 saturated carbocycles. The van der Waals surface area contributed by atoms with Gasteiger partial charge in [0.05, 0.1) is 15.9 Å². The number of imide groups is 1. The van der Waals surface area contributed by atoms with Gasteiger partial charge in [-0.1, -0.05) is 0 Å². The van der Waals surface area contributed by atoms with Crippen molar-refractivity contribution in [3.8, 4) is 5.75 Å². The minimum Gasteiger partial charge on any atom is -0.502 e. The highest BCUT2D eigenvalue weighted by molar-refractivity contribution is 6.14. The first-order chi connectivity index (χ1) is 9.79. The lowest BCUT2D eigenvalue weighted by molar-refractivity contribution is -0.394. The number of phenolic OH excluding ortho intramolecular Hbond substituents is 1. The van der Waals surface area contributed by atoms with E-state index in [4.69, 9.17) is 0 Å². The standard InChI is InChI=1S/C10H6N4O7/c15-8-4(2-6-9(16)12-10(17)11-6)1-5(13(18)19)3-7(8)14(20)21/h1-3,15H,(H2,11,12,16,17)/b6-2+. The number of urea groups is 1. The lowest BCUT2D eigenvalue weighted by Crippen LogP contribution is -2.22. The molecule has 1 fully saturated rings. The second kappa shape index (κ2) is 4.88. The van der Waals surface area contributed by atoms with Gasteiger partial charge in [0.2, 0.25) is 5.75 Å². The van der Waals surface area contributed by atoms with Gasteiger partial charge in [-0.15, -0.1) is 0 Å². The molecule has 108 valence electrons. The number of non-ortho nitro benzene ring substituents is 1. The Balaban J connectivity index is 2.60. The number of hydrogen-bond donors (Lipinski definition) is 3. The number of nitrogens with zero attached hydrogens (tertiary/aromatic N) is 2. The molecule has 2 rings (SSSR count). The Morgan fingerprint density at radius 2 is 1.76 bits per heavy atom. The van der Waals surface area contributed by atoms with Crippen LogP contribution in [0.5, 0.6) is 5.75 Å². The van der Waals surface area contributed by atoms with Crippen LogP contribution in [-0.4, -0.2) is 26.9 Å². The number of benzene rings is 1. The Hall–Kier alpha value is -3.50. The van der Waals surface area contributed by atoms with Crippen molar-refractivity contribution in [3.63, 3.8) is 0 Å². The Kier molecular flexibility index (Phi) is 3.24. The van der Waals surface area contributed by atoms with Crippen LogP contribution in [0, 0.1) is 20.2 Å². The summed E-state index contributed by atoms with van der Waals surface area (Å²) in [4.78, 5) is 41.8. The maximum absolute atomic E-state index is 11.3. The molecule has 0 bridgehead atoms. The van der Waals surface area contributed by atoms with Crippen LogP contribution >= 0.6 is 0 Å². The van der Waals surface area contributed by atoms with Crippen LogP contribution in [0.3, 0.4) is 0 Å². The number of nitrogens with one attached hydrogen (secondary N) is 2. The fourth-order valence-electron chi connectivity index (χ4n) is 1.62. The van der Waals surface area contributed by atoms with Crippen LogP contribution in [-0.2, 0) is 4.79 Å². The van der Waals surface area contributed by atoms with E-state index in [2.05, 4.69) is 5.32 Å². The first-order valence-corrected chi connectivity index (χ1v) is 5.29. The second-order valence-corrected chi connectivity index (χ2v) is 3.88. The van der Waals surface area contributed by atoms with Crippen molar-refractivity contribution in [3.05, 3.63) is 43.6 Å². The van der Waals surface area contributed by atoms with Gasteiger partial charge in [-0.3, -0.25) is 30.3 Å². The van der Waals surface area contributed by atoms with Crippen molar-refractivity contribution in [1.82, 2.24) is 10.6 Å². The van der Waals surface area contributed by atoms with Gasteiger partial charge in [0, 0.05) is 11.6 Å². The lowest BCUT2D eigenvalue weighted by atomic mass is 10.1. The zero-order valence-corrected chi connectivity index (χ0v) is 10.0. The summed E-state index contributed by atoms with van der Waals surface area (Å²) in [5, 5.41) is 35.2. The number of carbonyl (C=O) groups excluding carboxylic acids is 2. The fourth-order valence-corrected chi connectivity index (χ4v) is 1.62. The molecule has 21 heavy (non-hydrogen) atoms. The van der Waals surface area contributed by atoms with Crippen LogP contribution in [0.25, 0.3) is 6.08 Å². The van der Waals surface area contributed by atoms with Crippen LogP contribution in [0.15, 0.2) is 17.8 Å². The molecule has 3 N–H and O–H groups in total. The van der Waals surface area contributed by atoms with E-state index in [0.717, 1.165) is 12.1 Å². The third-order valence-electron chi connectivity index (χ3n) is 2.53. The number of nitro benzene ring substituents is 2. The summed E-state index contributed by atoms with van der Waals surface area (Å²) >= 11 is 0. The van der Waals surface area contributed by atoms with Gasteiger partial charge in [0.15, 0.2) is 0 Å². The number of hydrogen-bond acceptors (Lipinski definition) is 7. The van der Waals surface area contributed by atoms with Crippen molar-refractivity contribution in [1.29, 1.82) is 0 Å². The Morgan fingerprint density at radius 1 is 1.10 bits per heavy atom. The molecule has 1 saturated heterocycles. The molecular formula is C10H6N4O7. The molecule has 3 amide bonds. The van der Waals surface area contributed by atoms with E-state index >= 15 is 0 Å². The van der Waals surface area contributed by atoms with Crippen LogP contribution < -0.4 is 10.6 Å². The van der Waals surface area contributed by atoms with E-state index in [1.165, 1.54) is 0 Å². The maximum atomic E-state index is 11.3. The summed E-state index contributed by atoms with van der Waals surface area (Å²) in [6, 6.07) is 0.614. The molecule has 11 heteroatoms. The van der Waals surface area contributed by atoms with Gasteiger partial charge in [0.25, 0.3) is 11.6 Å². The van der Waals surface area contributed by atoms with E-state index in [9.17, 15) is 34.9 Å². The quantitative estimate of drug-likeness (QED) is 0.314. The fraction of sp³-hybridized carbons (Fsp3) is 0. The normalized spacial score (nSPS) is 15.7. The first-order valence-electron chi connectivity index (χ1n) is 5.29. The number of amides is 3. The summed E-state index contributed by atoms with van der Waals surface area (Å²) in [5.41, 5.74) is -2.18. The SMILES string of the molecule is O=C1NC(=O)/C(=C\c2cc([N+](=O)[O-])cc([N+](=O)[O-])c2O)N1. The molecule has 0 atom stereocenters. The average molecular weight is 294 g/mol. The molecule has 1 aromatic carbocycles. The number of phenols is 1. The molecule has 0 radical (unpaired) electrons. The predicted molar refractivity (Wildman–Crippen MR) is 66.1 cm³/mol. The van der Waals surface area contributed by atoms with E-state index in [1.807, 2.05) is 5.32 Å². The van der Waals surface area contributed by atoms with Crippen LogP contribution in [0.2, 0.25) is 0 Å². The van der Waals surface area contributed by atoms with E-state index in [0.29, 0.717) is 6.07 Å². The Labute approximate surface area is 115 Å². The third kappa shape index (κ3) is 2.60. The Bertz CT molecular complexity index is 724. The highest BCUT2D eigenvalue weighted by Gasteiger charge is 2.27. The van der Waals surface area contributed by atoms with Gasteiger partial charge in [0.1, 0.15) is 5.70 Å². The van der Waals surface area contributed by atoms with E-state index in [-0.39, 0.29) is 11.3 Å². The van der Waals surface area contributed by atoms with Crippen molar-refractivity contribution < 1.29 is 24.5 Å². The summed E-state index contributed by atoms with van der Waals surface area (Å²) < 4.78 is 0. The zero-order valence-electron chi connectivity index (χ0n) is 10.0. The molecule has 0 aliphatic carbocycles. The summed E-state index contributed by atoms with van der Waals surface area (Å²) in [6.45, 7) is 0. The number of aromatic hydroxyl groups is 1. The van der Waals surface area contributed by atoms with Crippen LogP contribution in [0.1, 0.15) is 5.56 Å². The van der Waals surface area contributed by atoms with Crippen molar-refractivity contribution in [2.45, 2.75) is 0 Å². The summed E-state index contributed by atoms with van der Waals surface area (Å²) in [6.07, 6.45) is 0.898. The molecule has 0 unspecified atom stereocenters. The number of carbonyl (C=O) groups is 2. The smallest absolute Gasteiger partial charge is 0.326 e. The number of rotatable bonds is 3. The highest BCUT2D eigenvalue weighted by Crippen LogP contribution is 2.35. The summed E-state index contributed by atoms with van der Waals surface area (Å²) in [7, 11) is 0. The minimum atomic E-state index is -1.00. The molecule has 0 aromatic heterocycles. The van der Waals surface area contributed by atoms with Gasteiger partial charge in [-0.2, -0.15) is 0 Å². The zero-order chi connectivity index (χ0) is 15.7. The maximum Gasteiger partial charge on any atom is 0.326 e. The predicted octanol–water partition coefficient (Wildman–Crippen LogP) is 0.389. The highest BCUT2D eigenvalue weighted by atomic mass is 16.6. The molecule has 1 heterocycles. The minimum absolute atomic E-state index is 0.301. The van der Waals surface area contributed by atoms with Gasteiger partial charge in [-0.05, 0) is 6.08 Å². The van der Waals surface area contributed by atoms with Crippen molar-refractivity contribution >= 4 is 29.4 Å². The lowest BCUT2D eigenvalue weighted by Gasteiger charge is -2.02. The van der Waals surface area contributed by atoms with Gasteiger partial charge in [-0.25, -0.2) is 4.79 Å². The average Bonchev–Trinajstić information content (AvgIpc) is 2.69. The van der Waals surface area contributed by atoms with Crippen molar-refractivity contribution in [2.24, 2.45) is 0 Å². The third-order valence-corrected chi connectivity index (χ3v) is 2.53. The van der Waals surface area contributed by atoms with E-state index < -0.39 is 38.9 Å².